The molecule has 2 fully saturated rings. The van der Waals surface area contributed by atoms with Crippen molar-refractivity contribution in [3.05, 3.63) is 54.4 Å². The van der Waals surface area contributed by atoms with Crippen molar-refractivity contribution >= 4 is 5.91 Å². The summed E-state index contributed by atoms with van der Waals surface area (Å²) in [4.78, 5) is 20.2. The largest absolute Gasteiger partial charge is 0.355 e. The maximum absolute atomic E-state index is 13.4. The number of benzene rings is 1. The molecule has 0 unspecified atom stereocenters. The molecule has 1 saturated carbocycles. The molecule has 154 valence electrons. The van der Waals surface area contributed by atoms with E-state index in [0.717, 1.165) is 50.5 Å². The lowest BCUT2D eigenvalue weighted by Crippen LogP contribution is -2.45. The number of pyridine rings is 1. The third-order valence-corrected chi connectivity index (χ3v) is 6.32. The molecule has 4 rings (SSSR count). The highest BCUT2D eigenvalue weighted by molar-refractivity contribution is 5.84. The normalized spacial score (nSPS) is 22.2. The van der Waals surface area contributed by atoms with Crippen LogP contribution >= 0.6 is 0 Å². The molecule has 4 heteroatoms. The lowest BCUT2D eigenvalue weighted by atomic mass is 9.78. The molecular weight excluding hydrogens is 358 g/mol. The Bertz CT molecular complexity index is 831. The molecular formula is C25H33N3O. The van der Waals surface area contributed by atoms with Crippen molar-refractivity contribution in [2.45, 2.75) is 39.5 Å². The molecule has 0 radical (unpaired) electrons. The van der Waals surface area contributed by atoms with Gasteiger partial charge in [-0.05, 0) is 61.3 Å². The Morgan fingerprint density at radius 3 is 2.79 bits per heavy atom. The SMILES string of the molecule is CC(C)CNC(=O)[C@]1(Cc2ccccc2-c2cccnc2)CCN(CC2CC2)C1. The molecule has 2 aromatic rings. The average Bonchev–Trinajstić information content (AvgIpc) is 3.46. The Morgan fingerprint density at radius 2 is 2.07 bits per heavy atom. The van der Waals surface area contributed by atoms with Crippen molar-refractivity contribution in [3.8, 4) is 11.1 Å². The average molecular weight is 392 g/mol. The van der Waals surface area contributed by atoms with Gasteiger partial charge in [-0.3, -0.25) is 9.78 Å². The van der Waals surface area contributed by atoms with Crippen LogP contribution in [0.1, 0.15) is 38.7 Å². The smallest absolute Gasteiger partial charge is 0.227 e. The summed E-state index contributed by atoms with van der Waals surface area (Å²) in [6.07, 6.45) is 8.14. The molecule has 1 amide bonds. The first-order chi connectivity index (χ1) is 14.1. The molecule has 29 heavy (non-hydrogen) atoms. The Balaban J connectivity index is 1.60. The van der Waals surface area contributed by atoms with Crippen molar-refractivity contribution in [3.63, 3.8) is 0 Å². The van der Waals surface area contributed by atoms with Crippen molar-refractivity contribution in [1.82, 2.24) is 15.2 Å². The quantitative estimate of drug-likeness (QED) is 0.735. The van der Waals surface area contributed by atoms with Gasteiger partial charge in [0.25, 0.3) is 0 Å². The van der Waals surface area contributed by atoms with Crippen molar-refractivity contribution in [2.24, 2.45) is 17.3 Å². The van der Waals surface area contributed by atoms with Gasteiger partial charge in [0, 0.05) is 37.6 Å². The van der Waals surface area contributed by atoms with Gasteiger partial charge < -0.3 is 10.2 Å². The summed E-state index contributed by atoms with van der Waals surface area (Å²) in [5.74, 6) is 1.54. The van der Waals surface area contributed by atoms with Crippen molar-refractivity contribution < 1.29 is 4.79 Å². The summed E-state index contributed by atoms with van der Waals surface area (Å²) < 4.78 is 0. The maximum Gasteiger partial charge on any atom is 0.227 e. The number of carbonyl (C=O) groups is 1. The fourth-order valence-electron chi connectivity index (χ4n) is 4.52. The van der Waals surface area contributed by atoms with Gasteiger partial charge in [0.05, 0.1) is 5.41 Å². The van der Waals surface area contributed by atoms with Crippen molar-refractivity contribution in [1.29, 1.82) is 0 Å². The summed E-state index contributed by atoms with van der Waals surface area (Å²) >= 11 is 0. The molecule has 1 aromatic heterocycles. The number of aromatic nitrogens is 1. The van der Waals surface area contributed by atoms with Gasteiger partial charge in [0.2, 0.25) is 5.91 Å². The van der Waals surface area contributed by atoms with E-state index in [0.29, 0.717) is 5.92 Å². The Hall–Kier alpha value is -2.20. The Morgan fingerprint density at radius 1 is 1.24 bits per heavy atom. The van der Waals surface area contributed by atoms with Crippen LogP contribution in [-0.4, -0.2) is 42.0 Å². The zero-order valence-corrected chi connectivity index (χ0v) is 17.7. The minimum atomic E-state index is -0.345. The summed E-state index contributed by atoms with van der Waals surface area (Å²) in [7, 11) is 0. The first kappa shape index (κ1) is 20.1. The van der Waals surface area contributed by atoms with Crippen LogP contribution in [0.15, 0.2) is 48.8 Å². The zero-order chi connectivity index (χ0) is 20.3. The molecule has 4 nitrogen and oxygen atoms in total. The number of rotatable bonds is 8. The van der Waals surface area contributed by atoms with Crippen LogP contribution in [0.3, 0.4) is 0 Å². The fraction of sp³-hybridized carbons (Fsp3) is 0.520. The van der Waals surface area contributed by atoms with E-state index in [2.05, 4.69) is 59.4 Å². The van der Waals surface area contributed by atoms with Crippen LogP contribution in [0.5, 0.6) is 0 Å². The maximum atomic E-state index is 13.4. The van der Waals surface area contributed by atoms with Gasteiger partial charge >= 0.3 is 0 Å². The van der Waals surface area contributed by atoms with Crippen LogP contribution in [0.2, 0.25) is 0 Å². The van der Waals surface area contributed by atoms with Crippen LogP contribution in [0.25, 0.3) is 11.1 Å². The van der Waals surface area contributed by atoms with E-state index < -0.39 is 0 Å². The van der Waals surface area contributed by atoms with Gasteiger partial charge in [-0.1, -0.05) is 44.2 Å². The van der Waals surface area contributed by atoms with Gasteiger partial charge in [0.1, 0.15) is 0 Å². The lowest BCUT2D eigenvalue weighted by molar-refractivity contribution is -0.130. The van der Waals surface area contributed by atoms with E-state index in [4.69, 9.17) is 0 Å². The number of hydrogen-bond donors (Lipinski definition) is 1. The van der Waals surface area contributed by atoms with Gasteiger partial charge in [-0.2, -0.15) is 0 Å². The molecule has 1 aliphatic carbocycles. The van der Waals surface area contributed by atoms with E-state index >= 15 is 0 Å². The van der Waals surface area contributed by atoms with Crippen LogP contribution in [0.4, 0.5) is 0 Å². The third kappa shape index (κ3) is 4.87. The Labute approximate surface area is 174 Å². The molecule has 0 bridgehead atoms. The van der Waals surface area contributed by atoms with Crippen LogP contribution < -0.4 is 5.32 Å². The second kappa shape index (κ2) is 8.66. The summed E-state index contributed by atoms with van der Waals surface area (Å²) in [6, 6.07) is 12.6. The molecule has 0 spiro atoms. The Kier molecular flexibility index (Phi) is 6.00. The molecule has 1 aromatic carbocycles. The first-order valence-corrected chi connectivity index (χ1v) is 11.0. The lowest BCUT2D eigenvalue weighted by Gasteiger charge is -2.30. The van der Waals surface area contributed by atoms with Gasteiger partial charge in [0.15, 0.2) is 0 Å². The second-order valence-electron chi connectivity index (χ2n) is 9.39. The monoisotopic (exact) mass is 391 g/mol. The third-order valence-electron chi connectivity index (χ3n) is 6.32. The van der Waals surface area contributed by atoms with Gasteiger partial charge in [-0.15, -0.1) is 0 Å². The molecule has 1 N–H and O–H groups in total. The second-order valence-corrected chi connectivity index (χ2v) is 9.39. The highest BCUT2D eigenvalue weighted by Crippen LogP contribution is 2.39. The molecule has 2 heterocycles. The molecule has 1 saturated heterocycles. The summed E-state index contributed by atoms with van der Waals surface area (Å²) in [5.41, 5.74) is 3.21. The van der Waals surface area contributed by atoms with E-state index in [1.807, 2.05) is 12.3 Å². The van der Waals surface area contributed by atoms with E-state index in [1.165, 1.54) is 24.0 Å². The zero-order valence-electron chi connectivity index (χ0n) is 17.7. The van der Waals surface area contributed by atoms with Crippen molar-refractivity contribution in [2.75, 3.05) is 26.2 Å². The number of nitrogens with one attached hydrogen (secondary N) is 1. The summed E-state index contributed by atoms with van der Waals surface area (Å²) in [6.45, 7) is 8.10. The van der Waals surface area contributed by atoms with E-state index in [9.17, 15) is 4.79 Å². The fourth-order valence-corrected chi connectivity index (χ4v) is 4.52. The highest BCUT2D eigenvalue weighted by Gasteiger charge is 2.45. The minimum Gasteiger partial charge on any atom is -0.355 e. The first-order valence-electron chi connectivity index (χ1n) is 11.0. The molecule has 1 atom stereocenters. The van der Waals surface area contributed by atoms with Crippen LogP contribution in [-0.2, 0) is 11.2 Å². The standard InChI is InChI=1S/C25H33N3O/c1-19(2)15-27-24(29)25(11-13-28(18-25)17-20-9-10-20)14-21-6-3-4-8-23(21)22-7-5-12-26-16-22/h3-8,12,16,19-20H,9-11,13-15,17-18H2,1-2H3,(H,27,29)/t25-/m0/s1. The predicted octanol–water partition coefficient (Wildman–Crippen LogP) is 4.17. The van der Waals surface area contributed by atoms with Gasteiger partial charge in [-0.25, -0.2) is 0 Å². The molecule has 1 aliphatic heterocycles. The number of likely N-dealkylation sites (tertiary alicyclic amines) is 1. The number of nitrogens with zero attached hydrogens (tertiary/aromatic N) is 2. The van der Waals surface area contributed by atoms with E-state index in [1.54, 1.807) is 6.20 Å². The van der Waals surface area contributed by atoms with Crippen LogP contribution in [0, 0.1) is 17.3 Å². The summed E-state index contributed by atoms with van der Waals surface area (Å²) in [5, 5.41) is 3.26. The van der Waals surface area contributed by atoms with E-state index in [-0.39, 0.29) is 11.3 Å². The predicted molar refractivity (Wildman–Crippen MR) is 117 cm³/mol. The number of hydrogen-bond acceptors (Lipinski definition) is 3. The minimum absolute atomic E-state index is 0.227. The number of carbonyl (C=O) groups excluding carboxylic acids is 1. The molecule has 2 aliphatic rings. The highest BCUT2D eigenvalue weighted by atomic mass is 16.2. The number of amides is 1. The topological polar surface area (TPSA) is 45.2 Å².